The standard InChI is InChI=1S/C13H25N3O/c1-2-16(12-8-3-5-10(12)9-14)13(17)15-11-6-4-7-11/h10-12H,2-9,14H2,1H3,(H,15,17). The Hall–Kier alpha value is -0.770. The minimum Gasteiger partial charge on any atom is -0.335 e. The molecule has 0 aromatic carbocycles. The van der Waals surface area contributed by atoms with Crippen LogP contribution in [0.15, 0.2) is 0 Å². The number of carbonyl (C=O) groups is 1. The van der Waals surface area contributed by atoms with Gasteiger partial charge < -0.3 is 16.0 Å². The van der Waals surface area contributed by atoms with Gasteiger partial charge in [0.15, 0.2) is 0 Å². The van der Waals surface area contributed by atoms with E-state index in [-0.39, 0.29) is 6.03 Å². The van der Waals surface area contributed by atoms with Crippen LogP contribution in [0.2, 0.25) is 0 Å². The van der Waals surface area contributed by atoms with Gasteiger partial charge in [-0.2, -0.15) is 0 Å². The summed E-state index contributed by atoms with van der Waals surface area (Å²) in [6.45, 7) is 3.56. The topological polar surface area (TPSA) is 58.4 Å². The van der Waals surface area contributed by atoms with E-state index in [1.165, 1.54) is 19.3 Å². The fraction of sp³-hybridized carbons (Fsp3) is 0.923. The van der Waals surface area contributed by atoms with Gasteiger partial charge in [0.1, 0.15) is 0 Å². The van der Waals surface area contributed by atoms with Crippen molar-refractivity contribution in [2.45, 2.75) is 57.5 Å². The summed E-state index contributed by atoms with van der Waals surface area (Å²) in [4.78, 5) is 14.2. The van der Waals surface area contributed by atoms with Gasteiger partial charge in [0, 0.05) is 18.6 Å². The summed E-state index contributed by atoms with van der Waals surface area (Å²) in [6.07, 6.45) is 7.05. The quantitative estimate of drug-likeness (QED) is 0.784. The van der Waals surface area contributed by atoms with Crippen molar-refractivity contribution in [1.29, 1.82) is 0 Å². The first kappa shape index (κ1) is 12.7. The summed E-state index contributed by atoms with van der Waals surface area (Å²) in [5.74, 6) is 0.502. The number of amides is 2. The van der Waals surface area contributed by atoms with Gasteiger partial charge in [-0.15, -0.1) is 0 Å². The number of nitrogens with two attached hydrogens (primary N) is 1. The Balaban J connectivity index is 1.91. The van der Waals surface area contributed by atoms with Gasteiger partial charge >= 0.3 is 6.03 Å². The second-order valence-corrected chi connectivity index (χ2v) is 5.36. The molecule has 17 heavy (non-hydrogen) atoms. The summed E-state index contributed by atoms with van der Waals surface area (Å²) in [5, 5.41) is 3.14. The van der Waals surface area contributed by atoms with Gasteiger partial charge in [-0.05, 0) is 51.5 Å². The lowest BCUT2D eigenvalue weighted by Crippen LogP contribution is -2.52. The van der Waals surface area contributed by atoms with E-state index in [0.29, 0.717) is 24.5 Å². The minimum atomic E-state index is 0.127. The van der Waals surface area contributed by atoms with E-state index < -0.39 is 0 Å². The summed E-state index contributed by atoms with van der Waals surface area (Å²) < 4.78 is 0. The maximum absolute atomic E-state index is 12.2. The highest BCUT2D eigenvalue weighted by molar-refractivity contribution is 5.75. The molecule has 0 saturated heterocycles. The Labute approximate surface area is 104 Å². The molecule has 2 amide bonds. The Morgan fingerprint density at radius 2 is 2.00 bits per heavy atom. The number of nitrogens with zero attached hydrogens (tertiary/aromatic N) is 1. The molecule has 0 radical (unpaired) electrons. The van der Waals surface area contributed by atoms with Crippen molar-refractivity contribution in [2.75, 3.05) is 13.1 Å². The average molecular weight is 239 g/mol. The van der Waals surface area contributed by atoms with E-state index in [1.54, 1.807) is 0 Å². The lowest BCUT2D eigenvalue weighted by Gasteiger charge is -2.35. The van der Waals surface area contributed by atoms with E-state index in [0.717, 1.165) is 25.8 Å². The SMILES string of the molecule is CCN(C(=O)NC1CCC1)C1CCCC1CN. The lowest BCUT2D eigenvalue weighted by molar-refractivity contribution is 0.154. The molecule has 98 valence electrons. The zero-order chi connectivity index (χ0) is 12.3. The first-order valence-corrected chi connectivity index (χ1v) is 7.03. The first-order chi connectivity index (χ1) is 8.26. The molecule has 4 nitrogen and oxygen atoms in total. The largest absolute Gasteiger partial charge is 0.335 e. The van der Waals surface area contributed by atoms with Crippen LogP contribution in [0.1, 0.15) is 45.4 Å². The fourth-order valence-electron chi connectivity index (χ4n) is 3.04. The molecule has 0 aromatic rings. The lowest BCUT2D eigenvalue weighted by atomic mass is 9.93. The van der Waals surface area contributed by atoms with Crippen molar-refractivity contribution in [1.82, 2.24) is 10.2 Å². The number of hydrogen-bond donors (Lipinski definition) is 2. The second-order valence-electron chi connectivity index (χ2n) is 5.36. The molecule has 4 heteroatoms. The third-order valence-electron chi connectivity index (χ3n) is 4.36. The Bertz CT molecular complexity index is 265. The maximum Gasteiger partial charge on any atom is 0.317 e. The fourth-order valence-corrected chi connectivity index (χ4v) is 3.04. The molecule has 2 aliphatic carbocycles. The number of rotatable bonds is 4. The molecule has 0 aromatic heterocycles. The van der Waals surface area contributed by atoms with Crippen molar-refractivity contribution >= 4 is 6.03 Å². The van der Waals surface area contributed by atoms with Crippen LogP contribution in [0.25, 0.3) is 0 Å². The van der Waals surface area contributed by atoms with E-state index >= 15 is 0 Å². The van der Waals surface area contributed by atoms with Crippen molar-refractivity contribution in [3.8, 4) is 0 Å². The Kier molecular flexibility index (Phi) is 4.26. The Morgan fingerprint density at radius 1 is 1.29 bits per heavy atom. The number of nitrogens with one attached hydrogen (secondary N) is 1. The third kappa shape index (κ3) is 2.73. The van der Waals surface area contributed by atoms with Crippen LogP contribution in [0, 0.1) is 5.92 Å². The van der Waals surface area contributed by atoms with Crippen molar-refractivity contribution < 1.29 is 4.79 Å². The molecule has 2 saturated carbocycles. The molecule has 2 fully saturated rings. The smallest absolute Gasteiger partial charge is 0.317 e. The predicted octanol–water partition coefficient (Wildman–Crippen LogP) is 1.70. The molecule has 0 spiro atoms. The van der Waals surface area contributed by atoms with Gasteiger partial charge in [0.25, 0.3) is 0 Å². The van der Waals surface area contributed by atoms with E-state index in [1.807, 2.05) is 4.90 Å². The highest BCUT2D eigenvalue weighted by atomic mass is 16.2. The molecular formula is C13H25N3O. The molecule has 2 unspecified atom stereocenters. The second kappa shape index (κ2) is 5.71. The molecule has 0 aliphatic heterocycles. The summed E-state index contributed by atoms with van der Waals surface area (Å²) in [5.41, 5.74) is 5.80. The Morgan fingerprint density at radius 3 is 2.53 bits per heavy atom. The van der Waals surface area contributed by atoms with Gasteiger partial charge in [-0.25, -0.2) is 4.79 Å². The predicted molar refractivity (Wildman–Crippen MR) is 68.7 cm³/mol. The van der Waals surface area contributed by atoms with Crippen molar-refractivity contribution in [2.24, 2.45) is 11.7 Å². The maximum atomic E-state index is 12.2. The molecule has 3 N–H and O–H groups in total. The number of carbonyl (C=O) groups excluding carboxylic acids is 1. The zero-order valence-corrected chi connectivity index (χ0v) is 10.8. The summed E-state index contributed by atoms with van der Waals surface area (Å²) in [7, 11) is 0. The van der Waals surface area contributed by atoms with Gasteiger partial charge in [0.05, 0.1) is 0 Å². The molecule has 0 heterocycles. The summed E-state index contributed by atoms with van der Waals surface area (Å²) in [6, 6.07) is 0.918. The van der Waals surface area contributed by atoms with Gasteiger partial charge in [0.2, 0.25) is 0 Å². The van der Waals surface area contributed by atoms with Crippen molar-refractivity contribution in [3.63, 3.8) is 0 Å². The monoisotopic (exact) mass is 239 g/mol. The van der Waals surface area contributed by atoms with Crippen LogP contribution in [0.5, 0.6) is 0 Å². The highest BCUT2D eigenvalue weighted by Crippen LogP contribution is 2.29. The molecule has 2 rings (SSSR count). The number of hydrogen-bond acceptors (Lipinski definition) is 2. The third-order valence-corrected chi connectivity index (χ3v) is 4.36. The molecule has 2 atom stereocenters. The van der Waals surface area contributed by atoms with Crippen LogP contribution in [0.4, 0.5) is 4.79 Å². The minimum absolute atomic E-state index is 0.127. The highest BCUT2D eigenvalue weighted by Gasteiger charge is 2.34. The van der Waals surface area contributed by atoms with Crippen molar-refractivity contribution in [3.05, 3.63) is 0 Å². The van der Waals surface area contributed by atoms with E-state index in [4.69, 9.17) is 5.73 Å². The summed E-state index contributed by atoms with van der Waals surface area (Å²) >= 11 is 0. The van der Waals surface area contributed by atoms with Crippen LogP contribution in [-0.4, -0.2) is 36.1 Å². The zero-order valence-electron chi connectivity index (χ0n) is 10.8. The van der Waals surface area contributed by atoms with Crippen LogP contribution >= 0.6 is 0 Å². The van der Waals surface area contributed by atoms with Gasteiger partial charge in [-0.3, -0.25) is 0 Å². The van der Waals surface area contributed by atoms with Crippen LogP contribution in [0.3, 0.4) is 0 Å². The average Bonchev–Trinajstić information content (AvgIpc) is 2.73. The molecule has 2 aliphatic rings. The van der Waals surface area contributed by atoms with Crippen LogP contribution < -0.4 is 11.1 Å². The van der Waals surface area contributed by atoms with E-state index in [9.17, 15) is 4.79 Å². The molecular weight excluding hydrogens is 214 g/mol. The van der Waals surface area contributed by atoms with Crippen LogP contribution in [-0.2, 0) is 0 Å². The number of urea groups is 1. The molecule has 0 bridgehead atoms. The van der Waals surface area contributed by atoms with Gasteiger partial charge in [-0.1, -0.05) is 6.42 Å². The van der Waals surface area contributed by atoms with E-state index in [2.05, 4.69) is 12.2 Å². The first-order valence-electron chi connectivity index (χ1n) is 7.03. The normalized spacial score (nSPS) is 28.8.